The third kappa shape index (κ3) is 5.34. The van der Waals surface area contributed by atoms with E-state index in [1.807, 2.05) is 13.8 Å². The predicted molar refractivity (Wildman–Crippen MR) is 78.2 cm³/mol. The third-order valence-electron chi connectivity index (χ3n) is 3.49. The second-order valence-corrected chi connectivity index (χ2v) is 4.64. The standard InChI is InChI=1S/C12H20.C2H4O.C2H6/c1-6-9(2)11-8-7-10(3)12(11,4)5;1-2-3;1-2/h7,11H,2,6,8H2,1,3-5H3;2H,1H3;1-2H3/t11-;;/m1../s1. The van der Waals surface area contributed by atoms with Gasteiger partial charge in [-0.25, -0.2) is 0 Å². The van der Waals surface area contributed by atoms with Crippen LogP contribution in [-0.4, -0.2) is 6.29 Å². The lowest BCUT2D eigenvalue weighted by molar-refractivity contribution is -0.106. The molecule has 0 aromatic carbocycles. The van der Waals surface area contributed by atoms with Gasteiger partial charge in [0, 0.05) is 0 Å². The monoisotopic (exact) mass is 238 g/mol. The molecule has 0 saturated carbocycles. The summed E-state index contributed by atoms with van der Waals surface area (Å²) in [5.41, 5.74) is 3.29. The maximum absolute atomic E-state index is 8.81. The molecule has 0 saturated heterocycles. The highest BCUT2D eigenvalue weighted by Crippen LogP contribution is 2.46. The average Bonchev–Trinajstić information content (AvgIpc) is 2.57. The summed E-state index contributed by atoms with van der Waals surface area (Å²) in [5.74, 6) is 0.683. The highest BCUT2D eigenvalue weighted by molar-refractivity contribution is 5.44. The summed E-state index contributed by atoms with van der Waals surface area (Å²) >= 11 is 0. The molecule has 1 heteroatoms. The molecule has 0 fully saturated rings. The minimum atomic E-state index is 0.354. The van der Waals surface area contributed by atoms with Crippen LogP contribution in [-0.2, 0) is 4.79 Å². The first kappa shape index (κ1) is 18.5. The predicted octanol–water partition coefficient (Wildman–Crippen LogP) is 5.18. The number of aldehydes is 1. The first-order valence-corrected chi connectivity index (χ1v) is 6.66. The Morgan fingerprint density at radius 1 is 1.53 bits per heavy atom. The number of carbonyl (C=O) groups excluding carboxylic acids is 1. The van der Waals surface area contributed by atoms with Crippen LogP contribution in [0.25, 0.3) is 0 Å². The molecule has 0 bridgehead atoms. The summed E-state index contributed by atoms with van der Waals surface area (Å²) in [6, 6.07) is 0. The molecule has 0 aromatic heterocycles. The second-order valence-electron chi connectivity index (χ2n) is 4.64. The summed E-state index contributed by atoms with van der Waals surface area (Å²) in [6.07, 6.45) is 5.44. The Balaban J connectivity index is 0. The Kier molecular flexibility index (Phi) is 10.0. The Morgan fingerprint density at radius 3 is 2.18 bits per heavy atom. The maximum Gasteiger partial charge on any atom is 0.116 e. The molecular weight excluding hydrogens is 208 g/mol. The van der Waals surface area contributed by atoms with Gasteiger partial charge >= 0.3 is 0 Å². The van der Waals surface area contributed by atoms with Crippen LogP contribution in [0, 0.1) is 11.3 Å². The lowest BCUT2D eigenvalue weighted by atomic mass is 9.74. The molecule has 0 amide bonds. The Hall–Kier alpha value is -0.850. The highest BCUT2D eigenvalue weighted by atomic mass is 16.1. The zero-order valence-corrected chi connectivity index (χ0v) is 12.8. The number of hydrogen-bond acceptors (Lipinski definition) is 1. The molecule has 0 spiro atoms. The van der Waals surface area contributed by atoms with Gasteiger partial charge in [-0.05, 0) is 38.0 Å². The van der Waals surface area contributed by atoms with Crippen LogP contribution in [0.1, 0.15) is 61.3 Å². The fraction of sp³-hybridized carbons (Fsp3) is 0.688. The normalized spacial score (nSPS) is 20.2. The number of hydrogen-bond donors (Lipinski definition) is 0. The van der Waals surface area contributed by atoms with Crippen molar-refractivity contribution in [3.8, 4) is 0 Å². The van der Waals surface area contributed by atoms with Gasteiger partial charge in [-0.2, -0.15) is 0 Å². The second kappa shape index (κ2) is 9.21. The molecule has 0 unspecified atom stereocenters. The maximum atomic E-state index is 8.81. The van der Waals surface area contributed by atoms with Gasteiger partial charge in [0.15, 0.2) is 0 Å². The van der Waals surface area contributed by atoms with Crippen molar-refractivity contribution >= 4 is 6.29 Å². The SMILES string of the molecule is C=C(CC)[C@H]1CC=C(C)C1(C)C.CC.CC=O. The van der Waals surface area contributed by atoms with Crippen LogP contribution in [0.2, 0.25) is 0 Å². The van der Waals surface area contributed by atoms with Crippen LogP contribution in [0.4, 0.5) is 0 Å². The Labute approximate surface area is 108 Å². The molecular formula is C16H30O. The summed E-state index contributed by atoms with van der Waals surface area (Å²) in [4.78, 5) is 8.81. The van der Waals surface area contributed by atoms with Gasteiger partial charge in [0.1, 0.15) is 6.29 Å². The quantitative estimate of drug-likeness (QED) is 0.479. The zero-order valence-electron chi connectivity index (χ0n) is 12.8. The number of carbonyl (C=O) groups is 1. The lowest BCUT2D eigenvalue weighted by Crippen LogP contribution is -2.21. The summed E-state index contributed by atoms with van der Waals surface area (Å²) in [7, 11) is 0. The summed E-state index contributed by atoms with van der Waals surface area (Å²) in [5, 5.41) is 0. The molecule has 100 valence electrons. The fourth-order valence-corrected chi connectivity index (χ4v) is 2.05. The van der Waals surface area contributed by atoms with Gasteiger partial charge in [0.25, 0.3) is 0 Å². The van der Waals surface area contributed by atoms with E-state index in [1.54, 1.807) is 0 Å². The van der Waals surface area contributed by atoms with Gasteiger partial charge in [0.05, 0.1) is 0 Å². The van der Waals surface area contributed by atoms with Gasteiger partial charge in [-0.3, -0.25) is 0 Å². The van der Waals surface area contributed by atoms with Crippen molar-refractivity contribution in [3.05, 3.63) is 23.8 Å². The van der Waals surface area contributed by atoms with E-state index in [2.05, 4.69) is 40.3 Å². The molecule has 1 aliphatic rings. The molecule has 1 nitrogen and oxygen atoms in total. The van der Waals surface area contributed by atoms with E-state index < -0.39 is 0 Å². The fourth-order valence-electron chi connectivity index (χ4n) is 2.05. The van der Waals surface area contributed by atoms with E-state index in [9.17, 15) is 0 Å². The minimum Gasteiger partial charge on any atom is -0.304 e. The smallest absolute Gasteiger partial charge is 0.116 e. The molecule has 1 atom stereocenters. The zero-order chi connectivity index (χ0) is 14.1. The van der Waals surface area contributed by atoms with Crippen molar-refractivity contribution in [3.63, 3.8) is 0 Å². The number of rotatable bonds is 2. The van der Waals surface area contributed by atoms with Crippen LogP contribution in [0.15, 0.2) is 23.8 Å². The molecule has 0 aromatic rings. The Morgan fingerprint density at radius 2 is 1.94 bits per heavy atom. The van der Waals surface area contributed by atoms with Gasteiger partial charge in [-0.15, -0.1) is 0 Å². The highest BCUT2D eigenvalue weighted by Gasteiger charge is 2.35. The van der Waals surface area contributed by atoms with E-state index in [1.165, 1.54) is 24.5 Å². The van der Waals surface area contributed by atoms with Crippen molar-refractivity contribution in [2.24, 2.45) is 11.3 Å². The summed E-state index contributed by atoms with van der Waals surface area (Å²) < 4.78 is 0. The Bertz CT molecular complexity index is 259. The van der Waals surface area contributed by atoms with Crippen molar-refractivity contribution in [2.75, 3.05) is 0 Å². The molecule has 1 aliphatic carbocycles. The van der Waals surface area contributed by atoms with E-state index in [4.69, 9.17) is 4.79 Å². The largest absolute Gasteiger partial charge is 0.304 e. The first-order chi connectivity index (χ1) is 7.91. The van der Waals surface area contributed by atoms with Crippen molar-refractivity contribution < 1.29 is 4.79 Å². The molecule has 0 radical (unpaired) electrons. The first-order valence-electron chi connectivity index (χ1n) is 6.66. The molecule has 0 N–H and O–H groups in total. The van der Waals surface area contributed by atoms with Crippen molar-refractivity contribution in [1.82, 2.24) is 0 Å². The van der Waals surface area contributed by atoms with Gasteiger partial charge in [0.2, 0.25) is 0 Å². The number of allylic oxidation sites excluding steroid dienone is 3. The van der Waals surface area contributed by atoms with E-state index >= 15 is 0 Å². The molecule has 1 rings (SSSR count). The van der Waals surface area contributed by atoms with Crippen molar-refractivity contribution in [2.45, 2.75) is 61.3 Å². The van der Waals surface area contributed by atoms with Crippen molar-refractivity contribution in [1.29, 1.82) is 0 Å². The van der Waals surface area contributed by atoms with Gasteiger partial charge < -0.3 is 4.79 Å². The van der Waals surface area contributed by atoms with E-state index in [0.29, 0.717) is 11.3 Å². The van der Waals surface area contributed by atoms with Gasteiger partial charge in [-0.1, -0.05) is 58.4 Å². The lowest BCUT2D eigenvalue weighted by Gasteiger charge is -2.30. The summed E-state index contributed by atoms with van der Waals surface area (Å²) in [6.45, 7) is 18.7. The average molecular weight is 238 g/mol. The minimum absolute atomic E-state index is 0.354. The van der Waals surface area contributed by atoms with E-state index in [0.717, 1.165) is 12.7 Å². The van der Waals surface area contributed by atoms with Crippen LogP contribution in [0.5, 0.6) is 0 Å². The molecule has 0 heterocycles. The molecule has 17 heavy (non-hydrogen) atoms. The van der Waals surface area contributed by atoms with E-state index in [-0.39, 0.29) is 0 Å². The van der Waals surface area contributed by atoms with Crippen LogP contribution < -0.4 is 0 Å². The van der Waals surface area contributed by atoms with Crippen LogP contribution in [0.3, 0.4) is 0 Å². The third-order valence-corrected chi connectivity index (χ3v) is 3.49. The van der Waals surface area contributed by atoms with Crippen LogP contribution >= 0.6 is 0 Å². The topological polar surface area (TPSA) is 17.1 Å². The molecule has 0 aliphatic heterocycles.